The SMILES string of the molecule is C1=CCC(C2NNC(C3=CCC=C3)P2c2ccccc2)=C1. The summed E-state index contributed by atoms with van der Waals surface area (Å²) in [7, 11) is -0.339. The average Bonchev–Trinajstić information content (AvgIpc) is 3.27. The van der Waals surface area contributed by atoms with Crippen LogP contribution in [0.15, 0.2) is 77.9 Å². The third-order valence-electron chi connectivity index (χ3n) is 4.23. The molecule has 3 atom stereocenters. The molecule has 1 heterocycles. The number of nitrogens with one attached hydrogen (secondary N) is 2. The largest absolute Gasteiger partial charge is 0.245 e. The molecular weight excluding hydrogens is 275 g/mol. The number of benzene rings is 1. The standard InChI is InChI=1S/C18H19N2P/c1-2-12-16(13-3-1)21-17(14-8-4-5-9-14)19-20-18(21)15-10-6-7-11-15/h1-6,8,10-13,17-20H,7,9H2. The van der Waals surface area contributed by atoms with E-state index < -0.39 is 0 Å². The van der Waals surface area contributed by atoms with E-state index in [0.717, 1.165) is 12.8 Å². The highest BCUT2D eigenvalue weighted by molar-refractivity contribution is 7.67. The molecular formula is C18H19N2P. The van der Waals surface area contributed by atoms with E-state index in [1.54, 1.807) is 0 Å². The zero-order valence-corrected chi connectivity index (χ0v) is 12.8. The van der Waals surface area contributed by atoms with Crippen LogP contribution in [-0.4, -0.2) is 11.6 Å². The molecule has 2 aliphatic carbocycles. The van der Waals surface area contributed by atoms with E-state index in [2.05, 4.69) is 77.6 Å². The second-order valence-electron chi connectivity index (χ2n) is 5.55. The van der Waals surface area contributed by atoms with Crippen molar-refractivity contribution >= 4 is 13.2 Å². The van der Waals surface area contributed by atoms with Crippen LogP contribution < -0.4 is 16.2 Å². The van der Waals surface area contributed by atoms with E-state index in [0.29, 0.717) is 11.6 Å². The highest BCUT2D eigenvalue weighted by Gasteiger charge is 2.39. The Morgan fingerprint density at radius 2 is 1.86 bits per heavy atom. The summed E-state index contributed by atoms with van der Waals surface area (Å²) in [6.45, 7) is 0. The fraction of sp³-hybridized carbons (Fsp3) is 0.222. The second-order valence-corrected chi connectivity index (χ2v) is 7.92. The molecule has 0 radical (unpaired) electrons. The Labute approximate surface area is 127 Å². The molecule has 21 heavy (non-hydrogen) atoms. The number of hydrogen-bond donors (Lipinski definition) is 2. The number of hydrogen-bond acceptors (Lipinski definition) is 2. The van der Waals surface area contributed by atoms with Crippen LogP contribution in [0.3, 0.4) is 0 Å². The van der Waals surface area contributed by atoms with Crippen molar-refractivity contribution in [3.05, 3.63) is 77.9 Å². The molecule has 3 heteroatoms. The lowest BCUT2D eigenvalue weighted by Gasteiger charge is -2.25. The van der Waals surface area contributed by atoms with Gasteiger partial charge in [-0.3, -0.25) is 0 Å². The van der Waals surface area contributed by atoms with Gasteiger partial charge in [0.1, 0.15) is 0 Å². The Bertz CT molecular complexity index is 642. The summed E-state index contributed by atoms with van der Waals surface area (Å²) in [5.41, 5.74) is 10.1. The van der Waals surface area contributed by atoms with Crippen molar-refractivity contribution in [3.8, 4) is 0 Å². The maximum Gasteiger partial charge on any atom is 0.0714 e. The van der Waals surface area contributed by atoms with Crippen molar-refractivity contribution in [2.24, 2.45) is 0 Å². The van der Waals surface area contributed by atoms with E-state index in [4.69, 9.17) is 0 Å². The minimum atomic E-state index is -0.339. The molecule has 4 rings (SSSR count). The second kappa shape index (κ2) is 5.73. The van der Waals surface area contributed by atoms with E-state index in [1.807, 2.05) is 0 Å². The number of rotatable bonds is 3. The predicted molar refractivity (Wildman–Crippen MR) is 90.5 cm³/mol. The van der Waals surface area contributed by atoms with Gasteiger partial charge in [-0.25, -0.2) is 10.9 Å². The van der Waals surface area contributed by atoms with Crippen LogP contribution in [0.2, 0.25) is 0 Å². The summed E-state index contributed by atoms with van der Waals surface area (Å²) in [6.07, 6.45) is 15.7. The summed E-state index contributed by atoms with van der Waals surface area (Å²) >= 11 is 0. The molecule has 2 N–H and O–H groups in total. The Morgan fingerprint density at radius 3 is 2.57 bits per heavy atom. The first kappa shape index (κ1) is 13.2. The van der Waals surface area contributed by atoms with Gasteiger partial charge in [0.05, 0.1) is 11.6 Å². The number of allylic oxidation sites excluding steroid dienone is 5. The molecule has 3 unspecified atom stereocenters. The van der Waals surface area contributed by atoms with Gasteiger partial charge in [-0.2, -0.15) is 0 Å². The molecule has 1 saturated heterocycles. The normalized spacial score (nSPS) is 30.8. The van der Waals surface area contributed by atoms with Crippen LogP contribution in [0.25, 0.3) is 0 Å². The van der Waals surface area contributed by atoms with Gasteiger partial charge in [0.15, 0.2) is 0 Å². The van der Waals surface area contributed by atoms with Crippen LogP contribution in [-0.2, 0) is 0 Å². The monoisotopic (exact) mass is 294 g/mol. The maximum atomic E-state index is 3.57. The quantitative estimate of drug-likeness (QED) is 0.836. The number of hydrazine groups is 1. The molecule has 1 fully saturated rings. The molecule has 0 spiro atoms. The third-order valence-corrected chi connectivity index (χ3v) is 7.13. The molecule has 2 nitrogen and oxygen atoms in total. The van der Waals surface area contributed by atoms with Crippen molar-refractivity contribution in [1.29, 1.82) is 0 Å². The Morgan fingerprint density at radius 1 is 1.00 bits per heavy atom. The first-order valence-corrected chi connectivity index (χ1v) is 8.98. The van der Waals surface area contributed by atoms with Gasteiger partial charge in [0.2, 0.25) is 0 Å². The summed E-state index contributed by atoms with van der Waals surface area (Å²) in [6, 6.07) is 11.0. The summed E-state index contributed by atoms with van der Waals surface area (Å²) in [5.74, 6) is 0.838. The lowest BCUT2D eigenvalue weighted by molar-refractivity contribution is 0.585. The first-order chi connectivity index (χ1) is 10.4. The zero-order chi connectivity index (χ0) is 14.1. The molecule has 1 aromatic carbocycles. The Balaban J connectivity index is 1.70. The van der Waals surface area contributed by atoms with Crippen molar-refractivity contribution in [2.75, 3.05) is 0 Å². The van der Waals surface area contributed by atoms with Gasteiger partial charge in [-0.05, 0) is 37.2 Å². The van der Waals surface area contributed by atoms with Gasteiger partial charge in [0.25, 0.3) is 0 Å². The fourth-order valence-electron chi connectivity index (χ4n) is 3.21. The van der Waals surface area contributed by atoms with Gasteiger partial charge < -0.3 is 0 Å². The van der Waals surface area contributed by atoms with Crippen molar-refractivity contribution < 1.29 is 0 Å². The molecule has 0 amide bonds. The first-order valence-electron chi connectivity index (χ1n) is 7.50. The van der Waals surface area contributed by atoms with Crippen molar-refractivity contribution in [3.63, 3.8) is 0 Å². The molecule has 1 aromatic rings. The lowest BCUT2D eigenvalue weighted by Crippen LogP contribution is -2.34. The summed E-state index contributed by atoms with van der Waals surface area (Å²) in [5, 5.41) is 1.47. The molecule has 0 saturated carbocycles. The lowest BCUT2D eigenvalue weighted by atomic mass is 10.2. The van der Waals surface area contributed by atoms with Crippen LogP contribution >= 0.6 is 7.92 Å². The molecule has 0 aromatic heterocycles. The maximum absolute atomic E-state index is 3.57. The van der Waals surface area contributed by atoms with Crippen LogP contribution in [0.5, 0.6) is 0 Å². The van der Waals surface area contributed by atoms with Crippen LogP contribution in [0.4, 0.5) is 0 Å². The van der Waals surface area contributed by atoms with Gasteiger partial charge in [-0.1, -0.05) is 66.8 Å². The highest BCUT2D eigenvalue weighted by Crippen LogP contribution is 2.52. The van der Waals surface area contributed by atoms with E-state index in [1.165, 1.54) is 16.5 Å². The summed E-state index contributed by atoms with van der Waals surface area (Å²) < 4.78 is 0. The van der Waals surface area contributed by atoms with Gasteiger partial charge in [-0.15, -0.1) is 0 Å². The zero-order valence-electron chi connectivity index (χ0n) is 11.9. The van der Waals surface area contributed by atoms with E-state index in [-0.39, 0.29) is 7.92 Å². The minimum absolute atomic E-state index is 0.339. The highest BCUT2D eigenvalue weighted by atomic mass is 31.1. The molecule has 3 aliphatic rings. The van der Waals surface area contributed by atoms with Gasteiger partial charge >= 0.3 is 0 Å². The van der Waals surface area contributed by atoms with Crippen LogP contribution in [0, 0.1) is 0 Å². The van der Waals surface area contributed by atoms with Crippen LogP contribution in [0.1, 0.15) is 12.8 Å². The fourth-order valence-corrected chi connectivity index (χ4v) is 6.10. The topological polar surface area (TPSA) is 24.1 Å². The van der Waals surface area contributed by atoms with Gasteiger partial charge in [0, 0.05) is 0 Å². The van der Waals surface area contributed by atoms with Crippen molar-refractivity contribution in [2.45, 2.75) is 24.4 Å². The predicted octanol–water partition coefficient (Wildman–Crippen LogP) is 3.33. The van der Waals surface area contributed by atoms with E-state index >= 15 is 0 Å². The molecule has 1 aliphatic heterocycles. The summed E-state index contributed by atoms with van der Waals surface area (Å²) in [4.78, 5) is 0. The average molecular weight is 294 g/mol. The Kier molecular flexibility index (Phi) is 3.60. The minimum Gasteiger partial charge on any atom is -0.245 e. The third kappa shape index (κ3) is 2.44. The van der Waals surface area contributed by atoms with E-state index in [9.17, 15) is 0 Å². The van der Waals surface area contributed by atoms with Crippen molar-refractivity contribution in [1.82, 2.24) is 10.9 Å². The smallest absolute Gasteiger partial charge is 0.0714 e. The molecule has 106 valence electrons. The Hall–Kier alpha value is -1.47. The molecule has 0 bridgehead atoms.